The summed E-state index contributed by atoms with van der Waals surface area (Å²) in [5.74, 6) is -1.67. The molecule has 0 aliphatic carbocycles. The van der Waals surface area contributed by atoms with E-state index in [-0.39, 0.29) is 31.4 Å². The summed E-state index contributed by atoms with van der Waals surface area (Å²) in [7, 11) is 0. The van der Waals surface area contributed by atoms with Gasteiger partial charge in [0, 0.05) is 32.6 Å². The Balaban J connectivity index is 4.08. The molecule has 7 nitrogen and oxygen atoms in total. The Morgan fingerprint density at radius 2 is 1.84 bits per heavy atom. The highest BCUT2D eigenvalue weighted by molar-refractivity contribution is 5.78. The second kappa shape index (κ2) is 9.18. The Kier molecular flexibility index (Phi) is 8.32. The van der Waals surface area contributed by atoms with Gasteiger partial charge in [-0.3, -0.25) is 9.59 Å². The van der Waals surface area contributed by atoms with E-state index in [2.05, 4.69) is 10.6 Å². The first kappa shape index (κ1) is 17.2. The molecule has 3 amide bonds. The SMILES string of the molecule is CCNC(=O)CCNC(=O)N(CC)CC(C)C(=O)O. The zero-order valence-electron chi connectivity index (χ0n) is 11.7. The highest BCUT2D eigenvalue weighted by Crippen LogP contribution is 2.00. The quantitative estimate of drug-likeness (QED) is 0.591. The van der Waals surface area contributed by atoms with Crippen LogP contribution >= 0.6 is 0 Å². The number of urea groups is 1. The number of carbonyl (C=O) groups is 3. The molecule has 0 aliphatic heterocycles. The van der Waals surface area contributed by atoms with Crippen LogP contribution in [0.5, 0.6) is 0 Å². The van der Waals surface area contributed by atoms with Gasteiger partial charge in [-0.15, -0.1) is 0 Å². The fraction of sp³-hybridized carbons (Fsp3) is 0.750. The average Bonchev–Trinajstić information content (AvgIpc) is 2.35. The van der Waals surface area contributed by atoms with Gasteiger partial charge in [0.05, 0.1) is 5.92 Å². The van der Waals surface area contributed by atoms with Crippen molar-refractivity contribution >= 4 is 17.9 Å². The van der Waals surface area contributed by atoms with Crippen LogP contribution in [0.4, 0.5) is 4.79 Å². The number of aliphatic carboxylic acids is 1. The first-order valence-electron chi connectivity index (χ1n) is 6.44. The normalized spacial score (nSPS) is 11.5. The molecule has 0 aromatic rings. The second-order valence-electron chi connectivity index (χ2n) is 4.21. The van der Waals surface area contributed by atoms with Crippen molar-refractivity contribution < 1.29 is 19.5 Å². The Morgan fingerprint density at radius 3 is 2.32 bits per heavy atom. The Morgan fingerprint density at radius 1 is 1.21 bits per heavy atom. The standard InChI is InChI=1S/C12H23N3O4/c1-4-13-10(16)6-7-14-12(19)15(5-2)8-9(3)11(17)18/h9H,4-8H2,1-3H3,(H,13,16)(H,14,19)(H,17,18). The minimum Gasteiger partial charge on any atom is -0.481 e. The highest BCUT2D eigenvalue weighted by atomic mass is 16.4. The van der Waals surface area contributed by atoms with Gasteiger partial charge >= 0.3 is 12.0 Å². The molecule has 1 unspecified atom stereocenters. The number of carboxylic acid groups (broad SMARTS) is 1. The van der Waals surface area contributed by atoms with Gasteiger partial charge < -0.3 is 20.6 Å². The number of carboxylic acids is 1. The van der Waals surface area contributed by atoms with Gasteiger partial charge in [0.15, 0.2) is 0 Å². The molecule has 0 spiro atoms. The van der Waals surface area contributed by atoms with E-state index in [9.17, 15) is 14.4 Å². The molecule has 0 saturated carbocycles. The highest BCUT2D eigenvalue weighted by Gasteiger charge is 2.18. The maximum atomic E-state index is 11.8. The Bertz CT molecular complexity index is 320. The lowest BCUT2D eigenvalue weighted by atomic mass is 10.2. The first-order chi connectivity index (χ1) is 8.92. The zero-order valence-corrected chi connectivity index (χ0v) is 11.7. The van der Waals surface area contributed by atoms with Crippen molar-refractivity contribution in [1.82, 2.24) is 15.5 Å². The molecule has 0 aromatic carbocycles. The maximum Gasteiger partial charge on any atom is 0.317 e. The van der Waals surface area contributed by atoms with E-state index in [4.69, 9.17) is 5.11 Å². The minimum absolute atomic E-state index is 0.121. The van der Waals surface area contributed by atoms with E-state index < -0.39 is 11.9 Å². The number of hydrogen-bond acceptors (Lipinski definition) is 3. The molecule has 0 aromatic heterocycles. The van der Waals surface area contributed by atoms with Gasteiger partial charge in [0.2, 0.25) is 5.91 Å². The lowest BCUT2D eigenvalue weighted by Crippen LogP contribution is -2.44. The summed E-state index contributed by atoms with van der Waals surface area (Å²) in [6, 6.07) is -0.347. The molecule has 0 bridgehead atoms. The summed E-state index contributed by atoms with van der Waals surface area (Å²) in [5, 5.41) is 14.0. The lowest BCUT2D eigenvalue weighted by molar-refractivity contribution is -0.141. The topological polar surface area (TPSA) is 98.7 Å². The van der Waals surface area contributed by atoms with E-state index in [0.717, 1.165) is 0 Å². The lowest BCUT2D eigenvalue weighted by Gasteiger charge is -2.23. The number of carbonyl (C=O) groups excluding carboxylic acids is 2. The van der Waals surface area contributed by atoms with Gasteiger partial charge in [-0.2, -0.15) is 0 Å². The van der Waals surface area contributed by atoms with Gasteiger partial charge in [-0.25, -0.2) is 4.79 Å². The number of nitrogens with one attached hydrogen (secondary N) is 2. The van der Waals surface area contributed by atoms with E-state index in [1.165, 1.54) is 4.90 Å². The van der Waals surface area contributed by atoms with Crippen molar-refractivity contribution in [3.05, 3.63) is 0 Å². The van der Waals surface area contributed by atoms with Crippen molar-refractivity contribution in [1.29, 1.82) is 0 Å². The van der Waals surface area contributed by atoms with Gasteiger partial charge in [0.1, 0.15) is 0 Å². The molecule has 3 N–H and O–H groups in total. The van der Waals surface area contributed by atoms with Crippen molar-refractivity contribution in [3.63, 3.8) is 0 Å². The van der Waals surface area contributed by atoms with Crippen molar-refractivity contribution in [3.8, 4) is 0 Å². The number of hydrogen-bond donors (Lipinski definition) is 3. The van der Waals surface area contributed by atoms with Crippen LogP contribution in [0.15, 0.2) is 0 Å². The minimum atomic E-state index is -0.937. The zero-order chi connectivity index (χ0) is 14.8. The first-order valence-corrected chi connectivity index (χ1v) is 6.44. The van der Waals surface area contributed by atoms with Crippen LogP contribution in [0.25, 0.3) is 0 Å². The Hall–Kier alpha value is -1.79. The van der Waals surface area contributed by atoms with E-state index in [1.54, 1.807) is 13.8 Å². The van der Waals surface area contributed by atoms with E-state index >= 15 is 0 Å². The van der Waals surface area contributed by atoms with Gasteiger partial charge in [0.25, 0.3) is 0 Å². The van der Waals surface area contributed by atoms with Crippen LogP contribution in [0.1, 0.15) is 27.2 Å². The summed E-state index contributed by atoms with van der Waals surface area (Å²) >= 11 is 0. The number of nitrogens with zero attached hydrogens (tertiary/aromatic N) is 1. The summed E-state index contributed by atoms with van der Waals surface area (Å²) in [4.78, 5) is 35.1. The fourth-order valence-corrected chi connectivity index (χ4v) is 1.44. The predicted octanol–water partition coefficient (Wildman–Crippen LogP) is 0.265. The smallest absolute Gasteiger partial charge is 0.317 e. The van der Waals surface area contributed by atoms with Crippen molar-refractivity contribution in [2.45, 2.75) is 27.2 Å². The number of amides is 3. The number of rotatable bonds is 8. The van der Waals surface area contributed by atoms with Crippen LogP contribution in [-0.2, 0) is 9.59 Å². The second-order valence-corrected chi connectivity index (χ2v) is 4.21. The third kappa shape index (κ3) is 7.28. The van der Waals surface area contributed by atoms with Gasteiger partial charge in [-0.1, -0.05) is 6.92 Å². The molecule has 1 atom stereocenters. The summed E-state index contributed by atoms with van der Waals surface area (Å²) < 4.78 is 0. The molecular formula is C12H23N3O4. The molecule has 0 heterocycles. The van der Waals surface area contributed by atoms with Crippen LogP contribution in [0.2, 0.25) is 0 Å². The predicted molar refractivity (Wildman–Crippen MR) is 70.7 cm³/mol. The van der Waals surface area contributed by atoms with Crippen LogP contribution in [0, 0.1) is 5.92 Å². The summed E-state index contributed by atoms with van der Waals surface area (Å²) in [6.07, 6.45) is 0.214. The third-order valence-electron chi connectivity index (χ3n) is 2.59. The average molecular weight is 273 g/mol. The van der Waals surface area contributed by atoms with Gasteiger partial charge in [-0.05, 0) is 13.8 Å². The fourth-order valence-electron chi connectivity index (χ4n) is 1.44. The van der Waals surface area contributed by atoms with Crippen molar-refractivity contribution in [2.75, 3.05) is 26.2 Å². The molecule has 0 fully saturated rings. The Labute approximate surface area is 113 Å². The molecule has 0 radical (unpaired) electrons. The van der Waals surface area contributed by atoms with Crippen LogP contribution in [0.3, 0.4) is 0 Å². The largest absolute Gasteiger partial charge is 0.481 e. The summed E-state index contributed by atoms with van der Waals surface area (Å²) in [6.45, 7) is 6.52. The van der Waals surface area contributed by atoms with Crippen LogP contribution < -0.4 is 10.6 Å². The maximum absolute atomic E-state index is 11.8. The third-order valence-corrected chi connectivity index (χ3v) is 2.59. The molecule has 110 valence electrons. The van der Waals surface area contributed by atoms with E-state index in [1.807, 2.05) is 6.92 Å². The molecule has 0 aliphatic rings. The summed E-state index contributed by atoms with van der Waals surface area (Å²) in [5.41, 5.74) is 0. The monoisotopic (exact) mass is 273 g/mol. The molecular weight excluding hydrogens is 250 g/mol. The molecule has 0 rings (SSSR count). The molecule has 0 saturated heterocycles. The van der Waals surface area contributed by atoms with Crippen molar-refractivity contribution in [2.24, 2.45) is 5.92 Å². The van der Waals surface area contributed by atoms with E-state index in [0.29, 0.717) is 13.1 Å². The molecule has 19 heavy (non-hydrogen) atoms. The van der Waals surface area contributed by atoms with Crippen LogP contribution in [-0.4, -0.2) is 54.1 Å². The molecule has 7 heteroatoms.